The van der Waals surface area contributed by atoms with Crippen LogP contribution in [0, 0.1) is 0 Å². The van der Waals surface area contributed by atoms with Gasteiger partial charge in [0.2, 0.25) is 5.91 Å². The molecule has 4 fully saturated rings. The molecule has 0 aliphatic carbocycles. The third kappa shape index (κ3) is 7.52. The van der Waals surface area contributed by atoms with Crippen LogP contribution in [0.1, 0.15) is 55.4 Å². The molecule has 1 N–H and O–H groups in total. The number of nitrogens with one attached hydrogen (secondary N) is 1. The molecule has 0 spiro atoms. The van der Waals surface area contributed by atoms with Gasteiger partial charge in [-0.3, -0.25) is 19.2 Å². The van der Waals surface area contributed by atoms with Crippen LogP contribution in [0.3, 0.4) is 0 Å². The minimum atomic E-state index is -1.26. The first-order valence-corrected chi connectivity index (χ1v) is 13.4. The molecule has 4 aliphatic heterocycles. The number of amides is 1. The maximum Gasteiger partial charge on any atom is 0.303 e. The van der Waals surface area contributed by atoms with Gasteiger partial charge in [0.25, 0.3) is 0 Å². The number of carbonyl (C=O) groups is 4. The molecular weight excluding hydrogens is 550 g/mol. The van der Waals surface area contributed by atoms with Crippen LogP contribution in [0.4, 0.5) is 0 Å². The summed E-state index contributed by atoms with van der Waals surface area (Å²) >= 11 is 0. The van der Waals surface area contributed by atoms with Crippen molar-refractivity contribution in [2.24, 2.45) is 0 Å². The number of ether oxygens (including phenoxy) is 10. The van der Waals surface area contributed by atoms with E-state index in [1.807, 2.05) is 0 Å². The molecule has 4 heterocycles. The summed E-state index contributed by atoms with van der Waals surface area (Å²) in [6, 6.07) is -1.12. The summed E-state index contributed by atoms with van der Waals surface area (Å²) in [6.45, 7) is 11.4. The molecule has 41 heavy (non-hydrogen) atoms. The third-order valence-corrected chi connectivity index (χ3v) is 6.75. The van der Waals surface area contributed by atoms with Crippen LogP contribution in [-0.2, 0) is 66.5 Å². The Morgan fingerprint density at radius 3 is 1.88 bits per heavy atom. The maximum atomic E-state index is 12.2. The molecule has 4 rings (SSSR count). The second kappa shape index (κ2) is 12.1. The fourth-order valence-corrected chi connectivity index (χ4v) is 5.45. The van der Waals surface area contributed by atoms with E-state index in [9.17, 15) is 19.2 Å². The van der Waals surface area contributed by atoms with Crippen molar-refractivity contribution in [1.29, 1.82) is 0 Å². The van der Waals surface area contributed by atoms with Crippen LogP contribution >= 0.6 is 0 Å². The van der Waals surface area contributed by atoms with E-state index in [4.69, 9.17) is 47.4 Å². The second-order valence-corrected chi connectivity index (χ2v) is 11.3. The normalized spacial score (nSPS) is 38.7. The van der Waals surface area contributed by atoms with Crippen LogP contribution in [0.2, 0.25) is 0 Å². The van der Waals surface area contributed by atoms with Crippen LogP contribution in [0.15, 0.2) is 0 Å². The number of hydrogen-bond acceptors (Lipinski definition) is 14. The fourth-order valence-electron chi connectivity index (χ4n) is 5.45. The molecule has 0 saturated carbocycles. The van der Waals surface area contributed by atoms with Gasteiger partial charge >= 0.3 is 17.9 Å². The quantitative estimate of drug-likeness (QED) is 0.297. The van der Waals surface area contributed by atoms with Crippen LogP contribution < -0.4 is 5.32 Å². The van der Waals surface area contributed by atoms with Crippen molar-refractivity contribution in [3.63, 3.8) is 0 Å². The van der Waals surface area contributed by atoms with Gasteiger partial charge in [0.1, 0.15) is 43.2 Å². The summed E-state index contributed by atoms with van der Waals surface area (Å²) < 4.78 is 58.7. The molecule has 1 amide bonds. The first-order valence-electron chi connectivity index (χ1n) is 13.4. The SMILES string of the molecule is CC(=O)N[C@H]1[C@H](OC[C@H]2O[C@@H]3OC(C)(C)O[C@@H]3[C@H]3OC(C)(C)O[C@@H]32)O[C@H](COC(C)=O)[C@@H](OC(C)=O)[C@@H]1OC(C)=O. The second-order valence-electron chi connectivity index (χ2n) is 11.3. The Balaban J connectivity index is 1.59. The van der Waals surface area contributed by atoms with E-state index in [0.717, 1.165) is 6.92 Å². The lowest BCUT2D eigenvalue weighted by molar-refractivity contribution is -0.296. The number of fused-ring (bicyclic) bond motifs is 3. The number of carbonyl (C=O) groups excluding carboxylic acids is 4. The summed E-state index contributed by atoms with van der Waals surface area (Å²) in [7, 11) is 0. The van der Waals surface area contributed by atoms with Gasteiger partial charge in [-0.25, -0.2) is 0 Å². The van der Waals surface area contributed by atoms with E-state index in [2.05, 4.69) is 5.32 Å². The predicted molar refractivity (Wildman–Crippen MR) is 132 cm³/mol. The fraction of sp³-hybridized carbons (Fsp3) is 0.846. The highest BCUT2D eigenvalue weighted by atomic mass is 16.9. The smallest absolute Gasteiger partial charge is 0.303 e. The highest BCUT2D eigenvalue weighted by molar-refractivity contribution is 5.73. The predicted octanol–water partition coefficient (Wildman–Crippen LogP) is 0.0556. The van der Waals surface area contributed by atoms with Gasteiger partial charge in [-0.2, -0.15) is 0 Å². The summed E-state index contributed by atoms with van der Waals surface area (Å²) in [5.74, 6) is -4.37. The van der Waals surface area contributed by atoms with Gasteiger partial charge in [-0.1, -0.05) is 0 Å². The first kappa shape index (κ1) is 31.5. The average molecular weight is 590 g/mol. The Hall–Kier alpha value is -2.40. The van der Waals surface area contributed by atoms with Crippen molar-refractivity contribution >= 4 is 23.8 Å². The average Bonchev–Trinajstić information content (AvgIpc) is 3.32. The number of rotatable bonds is 8. The Morgan fingerprint density at radius 1 is 0.683 bits per heavy atom. The lowest BCUT2D eigenvalue weighted by Gasteiger charge is -2.45. The zero-order valence-corrected chi connectivity index (χ0v) is 24.4. The first-order chi connectivity index (χ1) is 19.0. The zero-order chi connectivity index (χ0) is 30.3. The lowest BCUT2D eigenvalue weighted by atomic mass is 9.95. The molecule has 4 aliphatic rings. The van der Waals surface area contributed by atoms with E-state index in [1.165, 1.54) is 20.8 Å². The van der Waals surface area contributed by atoms with Crippen LogP contribution in [0.5, 0.6) is 0 Å². The van der Waals surface area contributed by atoms with Crippen LogP contribution in [-0.4, -0.2) is 110 Å². The molecule has 0 radical (unpaired) electrons. The highest BCUT2D eigenvalue weighted by Crippen LogP contribution is 2.44. The van der Waals surface area contributed by atoms with E-state index < -0.39 is 96.7 Å². The summed E-state index contributed by atoms with van der Waals surface area (Å²) in [5, 5.41) is 2.66. The summed E-state index contributed by atoms with van der Waals surface area (Å²) in [5.41, 5.74) is 0. The molecule has 15 nitrogen and oxygen atoms in total. The molecule has 4 saturated heterocycles. The Kier molecular flexibility index (Phi) is 9.28. The van der Waals surface area contributed by atoms with E-state index >= 15 is 0 Å². The lowest BCUT2D eigenvalue weighted by Crippen LogP contribution is -2.67. The number of esters is 3. The highest BCUT2D eigenvalue weighted by Gasteiger charge is 2.61. The topological polar surface area (TPSA) is 173 Å². The maximum absolute atomic E-state index is 12.2. The molecule has 0 bridgehead atoms. The number of hydrogen-bond donors (Lipinski definition) is 1. The standard InChI is InChI=1S/C26H39NO14/c1-11(28)27-17-20(35-14(4)31)18(34-13(3)30)15(9-32-12(2)29)36-23(17)33-10-16-19-21(39-25(5,6)38-19)22-24(37-16)41-26(7,8)40-22/h15-24H,9-10H2,1-8H3,(H,27,28)/t15-,16-,17-,18-,19-,20-,21+,22-,23-,24-/m1/s1. The van der Waals surface area contributed by atoms with Gasteiger partial charge in [-0.15, -0.1) is 0 Å². The molecule has 0 aromatic rings. The van der Waals surface area contributed by atoms with Gasteiger partial charge in [0, 0.05) is 27.7 Å². The van der Waals surface area contributed by atoms with Crippen molar-refractivity contribution in [3.8, 4) is 0 Å². The third-order valence-electron chi connectivity index (χ3n) is 6.75. The van der Waals surface area contributed by atoms with Gasteiger partial charge in [0.15, 0.2) is 36.4 Å². The molecule has 0 aromatic heterocycles. The van der Waals surface area contributed by atoms with E-state index in [-0.39, 0.29) is 13.2 Å². The van der Waals surface area contributed by atoms with Gasteiger partial charge < -0.3 is 52.7 Å². The molecule has 15 heteroatoms. The largest absolute Gasteiger partial charge is 0.463 e. The molecule has 0 unspecified atom stereocenters. The zero-order valence-electron chi connectivity index (χ0n) is 24.4. The van der Waals surface area contributed by atoms with Crippen molar-refractivity contribution < 1.29 is 66.5 Å². The summed E-state index contributed by atoms with van der Waals surface area (Å²) in [6.07, 6.45) is -8.03. The molecule has 10 atom stereocenters. The van der Waals surface area contributed by atoms with Crippen molar-refractivity contribution in [3.05, 3.63) is 0 Å². The van der Waals surface area contributed by atoms with Gasteiger partial charge in [-0.05, 0) is 27.7 Å². The Labute approximate surface area is 237 Å². The van der Waals surface area contributed by atoms with E-state index in [1.54, 1.807) is 27.7 Å². The van der Waals surface area contributed by atoms with Gasteiger partial charge in [0.05, 0.1) is 6.61 Å². The van der Waals surface area contributed by atoms with Crippen LogP contribution in [0.25, 0.3) is 0 Å². The van der Waals surface area contributed by atoms with Crippen molar-refractivity contribution in [2.75, 3.05) is 13.2 Å². The minimum absolute atomic E-state index is 0.139. The van der Waals surface area contributed by atoms with E-state index in [0.29, 0.717) is 0 Å². The minimum Gasteiger partial charge on any atom is -0.463 e. The van der Waals surface area contributed by atoms with Crippen molar-refractivity contribution in [2.45, 2.75) is 128 Å². The monoisotopic (exact) mass is 589 g/mol. The molecular formula is C26H39NO14. The summed E-state index contributed by atoms with van der Waals surface area (Å²) in [4.78, 5) is 47.8. The Morgan fingerprint density at radius 2 is 1.27 bits per heavy atom. The Bertz CT molecular complexity index is 1020. The van der Waals surface area contributed by atoms with Crippen molar-refractivity contribution in [1.82, 2.24) is 5.32 Å². The molecule has 0 aromatic carbocycles. The molecule has 232 valence electrons.